The molecule has 1 unspecified atom stereocenters. The summed E-state index contributed by atoms with van der Waals surface area (Å²) in [7, 11) is 0. The highest BCUT2D eigenvalue weighted by molar-refractivity contribution is 5.84. The zero-order chi connectivity index (χ0) is 15.8. The number of aliphatic carboxylic acids is 1. The molecular formula is C16H32O4. The Hall–Kier alpha value is -0.870. The van der Waals surface area contributed by atoms with Gasteiger partial charge in [0.05, 0.1) is 12.7 Å². The van der Waals surface area contributed by atoms with Crippen LogP contribution in [0.15, 0.2) is 12.2 Å². The molecule has 0 saturated carbocycles. The van der Waals surface area contributed by atoms with E-state index in [0.29, 0.717) is 0 Å². The molecule has 0 spiro atoms. The number of aliphatic hydroxyl groups excluding tert-OH is 2. The highest BCUT2D eigenvalue weighted by Crippen LogP contribution is 2.10. The van der Waals surface area contributed by atoms with Gasteiger partial charge >= 0.3 is 5.97 Å². The first-order chi connectivity index (χ1) is 9.45. The summed E-state index contributed by atoms with van der Waals surface area (Å²) in [4.78, 5) is 9.60. The molecule has 120 valence electrons. The quantitative estimate of drug-likeness (QED) is 0.401. The highest BCUT2D eigenvalue weighted by Gasteiger charge is 2.00. The second-order valence-corrected chi connectivity index (χ2v) is 5.19. The van der Waals surface area contributed by atoms with E-state index in [1.54, 1.807) is 0 Å². The van der Waals surface area contributed by atoms with E-state index in [4.69, 9.17) is 15.3 Å². The van der Waals surface area contributed by atoms with Gasteiger partial charge in [0.25, 0.3) is 0 Å². The van der Waals surface area contributed by atoms with Gasteiger partial charge in [0.2, 0.25) is 0 Å². The fourth-order valence-electron chi connectivity index (χ4n) is 1.61. The number of rotatable bonds is 11. The Morgan fingerprint density at radius 1 is 1.05 bits per heavy atom. The van der Waals surface area contributed by atoms with Crippen molar-refractivity contribution in [2.45, 2.75) is 77.7 Å². The Balaban J connectivity index is 0. The molecule has 4 heteroatoms. The molecule has 0 aromatic rings. The van der Waals surface area contributed by atoms with Gasteiger partial charge in [0.15, 0.2) is 0 Å². The molecule has 0 saturated heterocycles. The average Bonchev–Trinajstić information content (AvgIpc) is 2.42. The molecule has 0 radical (unpaired) electrons. The predicted octanol–water partition coefficient (Wildman–Crippen LogP) is 3.52. The zero-order valence-electron chi connectivity index (χ0n) is 13.1. The fraction of sp³-hybridized carbons (Fsp3) is 0.812. The van der Waals surface area contributed by atoms with Crippen LogP contribution in [0.4, 0.5) is 0 Å². The van der Waals surface area contributed by atoms with Gasteiger partial charge in [-0.15, -0.1) is 0 Å². The van der Waals surface area contributed by atoms with E-state index in [1.165, 1.54) is 51.9 Å². The number of carbonyl (C=O) groups is 1. The minimum atomic E-state index is -0.935. The Labute approximate surface area is 123 Å². The van der Waals surface area contributed by atoms with E-state index < -0.39 is 12.1 Å². The van der Waals surface area contributed by atoms with Crippen molar-refractivity contribution in [3.05, 3.63) is 12.2 Å². The molecule has 0 aliphatic rings. The van der Waals surface area contributed by atoms with Gasteiger partial charge < -0.3 is 15.3 Å². The largest absolute Gasteiger partial charge is 0.478 e. The van der Waals surface area contributed by atoms with Crippen molar-refractivity contribution in [3.63, 3.8) is 0 Å². The van der Waals surface area contributed by atoms with Gasteiger partial charge in [-0.2, -0.15) is 0 Å². The Morgan fingerprint density at radius 3 is 1.80 bits per heavy atom. The van der Waals surface area contributed by atoms with Gasteiger partial charge in [0.1, 0.15) is 0 Å². The zero-order valence-corrected chi connectivity index (χ0v) is 13.1. The number of aliphatic hydroxyl groups is 2. The normalized spacial score (nSPS) is 11.4. The summed E-state index contributed by atoms with van der Waals surface area (Å²) in [6.07, 6.45) is 10.5. The summed E-state index contributed by atoms with van der Waals surface area (Å²) < 4.78 is 0. The molecule has 20 heavy (non-hydrogen) atoms. The van der Waals surface area contributed by atoms with E-state index in [2.05, 4.69) is 13.5 Å². The second kappa shape index (κ2) is 16.2. The van der Waals surface area contributed by atoms with Gasteiger partial charge in [-0.25, -0.2) is 4.79 Å². The summed E-state index contributed by atoms with van der Waals surface area (Å²) >= 11 is 0. The molecule has 0 aromatic carbocycles. The molecule has 4 nitrogen and oxygen atoms in total. The molecule has 0 aromatic heterocycles. The molecule has 1 atom stereocenters. The topological polar surface area (TPSA) is 77.8 Å². The lowest BCUT2D eigenvalue weighted by Crippen LogP contribution is -2.10. The minimum Gasteiger partial charge on any atom is -0.478 e. The van der Waals surface area contributed by atoms with E-state index in [1.807, 2.05) is 0 Å². The molecular weight excluding hydrogens is 256 g/mol. The van der Waals surface area contributed by atoms with Crippen LogP contribution < -0.4 is 0 Å². The number of unbranched alkanes of at least 4 members (excludes halogenated alkanes) is 7. The Bertz CT molecular complexity index is 227. The van der Waals surface area contributed by atoms with Crippen LogP contribution in [0.5, 0.6) is 0 Å². The van der Waals surface area contributed by atoms with Gasteiger partial charge in [-0.3, -0.25) is 0 Å². The molecule has 0 amide bonds. The molecule has 0 aliphatic carbocycles. The third kappa shape index (κ3) is 19.5. The van der Waals surface area contributed by atoms with Crippen molar-refractivity contribution in [1.82, 2.24) is 0 Å². The number of carboxylic acids is 1. The highest BCUT2D eigenvalue weighted by atomic mass is 16.4. The molecule has 0 fully saturated rings. The first kappa shape index (κ1) is 21.4. The molecule has 0 rings (SSSR count). The second-order valence-electron chi connectivity index (χ2n) is 5.19. The molecule has 3 N–H and O–H groups in total. The van der Waals surface area contributed by atoms with E-state index >= 15 is 0 Å². The lowest BCUT2D eigenvalue weighted by molar-refractivity contribution is -0.132. The summed E-state index contributed by atoms with van der Waals surface area (Å²) in [5, 5.41) is 25.6. The third-order valence-corrected chi connectivity index (χ3v) is 2.97. The van der Waals surface area contributed by atoms with Crippen LogP contribution in [0.2, 0.25) is 0 Å². The van der Waals surface area contributed by atoms with Crippen molar-refractivity contribution in [2.24, 2.45) is 0 Å². The summed E-state index contributed by atoms with van der Waals surface area (Å²) in [6.45, 7) is 6.75. The lowest BCUT2D eigenvalue weighted by atomic mass is 10.1. The Morgan fingerprint density at radius 2 is 1.45 bits per heavy atom. The average molecular weight is 288 g/mol. The van der Waals surface area contributed by atoms with Crippen LogP contribution in [-0.2, 0) is 4.79 Å². The van der Waals surface area contributed by atoms with Crippen LogP contribution in [0.25, 0.3) is 0 Å². The van der Waals surface area contributed by atoms with Gasteiger partial charge in [-0.05, 0) is 13.3 Å². The van der Waals surface area contributed by atoms with Crippen LogP contribution in [-0.4, -0.2) is 34.0 Å². The van der Waals surface area contributed by atoms with E-state index in [0.717, 1.165) is 12.8 Å². The van der Waals surface area contributed by atoms with Gasteiger partial charge in [0, 0.05) is 5.57 Å². The van der Waals surface area contributed by atoms with Gasteiger partial charge in [-0.1, -0.05) is 64.9 Å². The summed E-state index contributed by atoms with van der Waals surface area (Å²) in [6, 6.07) is 0. The first-order valence-corrected chi connectivity index (χ1v) is 7.63. The summed E-state index contributed by atoms with van der Waals surface area (Å²) in [5.41, 5.74) is 0.176. The SMILES string of the molecule is C=C(C)C(=O)O.CCCCCCCCCCC(O)CO. The summed E-state index contributed by atoms with van der Waals surface area (Å²) in [5.74, 6) is -0.935. The first-order valence-electron chi connectivity index (χ1n) is 7.63. The monoisotopic (exact) mass is 288 g/mol. The third-order valence-electron chi connectivity index (χ3n) is 2.97. The standard InChI is InChI=1S/C12H26O2.C4H6O2/c1-2-3-4-5-6-7-8-9-10-12(14)11-13;1-3(2)4(5)6/h12-14H,2-11H2,1H3;1H2,2H3,(H,5,6). The van der Waals surface area contributed by atoms with Crippen molar-refractivity contribution in [3.8, 4) is 0 Å². The van der Waals surface area contributed by atoms with E-state index in [9.17, 15) is 4.79 Å². The number of hydrogen-bond acceptors (Lipinski definition) is 3. The smallest absolute Gasteiger partial charge is 0.330 e. The van der Waals surface area contributed by atoms with Crippen LogP contribution in [0, 0.1) is 0 Å². The Kier molecular flexibility index (Phi) is 17.3. The van der Waals surface area contributed by atoms with Crippen molar-refractivity contribution < 1.29 is 20.1 Å². The fourth-order valence-corrected chi connectivity index (χ4v) is 1.61. The van der Waals surface area contributed by atoms with Crippen molar-refractivity contribution in [2.75, 3.05) is 6.61 Å². The minimum absolute atomic E-state index is 0.0868. The van der Waals surface area contributed by atoms with E-state index in [-0.39, 0.29) is 12.2 Å². The maximum absolute atomic E-state index is 9.60. The number of hydrogen-bond donors (Lipinski definition) is 3. The van der Waals surface area contributed by atoms with Crippen LogP contribution >= 0.6 is 0 Å². The van der Waals surface area contributed by atoms with Crippen molar-refractivity contribution in [1.29, 1.82) is 0 Å². The molecule has 0 bridgehead atoms. The van der Waals surface area contributed by atoms with Crippen molar-refractivity contribution >= 4 is 5.97 Å². The van der Waals surface area contributed by atoms with Crippen LogP contribution in [0.1, 0.15) is 71.6 Å². The molecule has 0 heterocycles. The lowest BCUT2D eigenvalue weighted by Gasteiger charge is -2.06. The molecule has 0 aliphatic heterocycles. The maximum Gasteiger partial charge on any atom is 0.330 e. The number of carboxylic acid groups (broad SMARTS) is 1. The predicted molar refractivity (Wildman–Crippen MR) is 82.8 cm³/mol. The van der Waals surface area contributed by atoms with Crippen LogP contribution in [0.3, 0.4) is 0 Å². The maximum atomic E-state index is 9.60.